The van der Waals surface area contributed by atoms with Gasteiger partial charge >= 0.3 is 7.12 Å². The molecule has 0 radical (unpaired) electrons. The summed E-state index contributed by atoms with van der Waals surface area (Å²) in [6.45, 7) is 0. The molecule has 0 aliphatic rings. The van der Waals surface area contributed by atoms with E-state index < -0.39 is 25.9 Å². The number of alkyl halides is 2. The topological polar surface area (TPSA) is 66.5 Å². The summed E-state index contributed by atoms with van der Waals surface area (Å²) in [5.74, 6) is 0. The molecule has 0 aromatic heterocycles. The highest BCUT2D eigenvalue weighted by molar-refractivity contribution is 6.41. The van der Waals surface area contributed by atoms with E-state index in [1.165, 1.54) is 0 Å². The van der Waals surface area contributed by atoms with Crippen LogP contribution in [-0.2, 0) is 0 Å². The van der Waals surface area contributed by atoms with Gasteiger partial charge in [0.15, 0.2) is 0 Å². The van der Waals surface area contributed by atoms with Crippen molar-refractivity contribution in [1.82, 2.24) is 0 Å². The summed E-state index contributed by atoms with van der Waals surface area (Å²) >= 11 is 0. The Bertz CT molecular complexity index is 82.2. The van der Waals surface area contributed by atoms with Gasteiger partial charge in [-0.2, -0.15) is 0 Å². The van der Waals surface area contributed by atoms with Crippen molar-refractivity contribution in [3.05, 3.63) is 0 Å². The smallest absolute Gasteiger partial charge is 0.427 e. The Morgan fingerprint density at radius 2 is 1.89 bits per heavy atom. The Kier molecular flexibility index (Phi) is 3.68. The van der Waals surface area contributed by atoms with Gasteiger partial charge in [0, 0.05) is 6.32 Å². The van der Waals surface area contributed by atoms with Crippen LogP contribution in [-0.4, -0.2) is 29.6 Å². The first-order valence-corrected chi connectivity index (χ1v) is 2.44. The zero-order valence-electron chi connectivity index (χ0n) is 4.67. The molecule has 4 N–H and O–H groups in total. The van der Waals surface area contributed by atoms with Gasteiger partial charge in [-0.25, -0.2) is 8.78 Å². The Morgan fingerprint density at radius 3 is 2.00 bits per heavy atom. The van der Waals surface area contributed by atoms with Crippen molar-refractivity contribution in [1.29, 1.82) is 0 Å². The fourth-order valence-electron chi connectivity index (χ4n) is 0.346. The molecule has 0 rings (SSSR count). The molecule has 54 valence electrons. The standard InChI is InChI=1S/C3H8BF2NO2/c5-3(6)2(7)1-4(8)9/h2-3,8-9H,1,7H2. The Morgan fingerprint density at radius 1 is 1.44 bits per heavy atom. The summed E-state index contributed by atoms with van der Waals surface area (Å²) in [4.78, 5) is 0. The molecule has 0 heterocycles. The highest BCUT2D eigenvalue weighted by Gasteiger charge is 2.20. The molecule has 0 spiro atoms. The van der Waals surface area contributed by atoms with E-state index in [-0.39, 0.29) is 0 Å². The fraction of sp³-hybridized carbons (Fsp3) is 1.00. The van der Waals surface area contributed by atoms with Crippen LogP contribution in [0.15, 0.2) is 0 Å². The molecule has 3 nitrogen and oxygen atoms in total. The van der Waals surface area contributed by atoms with E-state index in [4.69, 9.17) is 15.8 Å². The predicted octanol–water partition coefficient (Wildman–Crippen LogP) is -0.948. The lowest BCUT2D eigenvalue weighted by Crippen LogP contribution is -2.33. The summed E-state index contributed by atoms with van der Waals surface area (Å²) in [5, 5.41) is 16.2. The monoisotopic (exact) mass is 139 g/mol. The Labute approximate surface area is 51.6 Å². The highest BCUT2D eigenvalue weighted by atomic mass is 19.3. The maximum atomic E-state index is 11.4. The van der Waals surface area contributed by atoms with Crippen molar-refractivity contribution in [2.75, 3.05) is 0 Å². The van der Waals surface area contributed by atoms with Gasteiger partial charge in [-0.05, 0) is 0 Å². The molecule has 0 bridgehead atoms. The first kappa shape index (κ1) is 8.80. The van der Waals surface area contributed by atoms with Gasteiger partial charge < -0.3 is 15.8 Å². The normalized spacial score (nSPS) is 14.0. The largest absolute Gasteiger partial charge is 0.453 e. The van der Waals surface area contributed by atoms with Crippen LogP contribution >= 0.6 is 0 Å². The molecule has 0 saturated heterocycles. The van der Waals surface area contributed by atoms with Gasteiger partial charge in [-0.15, -0.1) is 0 Å². The maximum absolute atomic E-state index is 11.4. The summed E-state index contributed by atoms with van der Waals surface area (Å²) < 4.78 is 22.9. The average Bonchev–Trinajstić information content (AvgIpc) is 1.63. The van der Waals surface area contributed by atoms with E-state index in [1.54, 1.807) is 0 Å². The molecule has 0 aromatic carbocycles. The summed E-state index contributed by atoms with van der Waals surface area (Å²) in [7, 11) is -1.74. The van der Waals surface area contributed by atoms with Crippen molar-refractivity contribution in [2.24, 2.45) is 5.73 Å². The zero-order valence-corrected chi connectivity index (χ0v) is 4.67. The second kappa shape index (κ2) is 3.76. The van der Waals surface area contributed by atoms with E-state index in [1.807, 2.05) is 0 Å². The van der Waals surface area contributed by atoms with Crippen LogP contribution < -0.4 is 5.73 Å². The van der Waals surface area contributed by atoms with Crippen molar-refractivity contribution < 1.29 is 18.8 Å². The van der Waals surface area contributed by atoms with Crippen molar-refractivity contribution in [2.45, 2.75) is 18.8 Å². The Hall–Kier alpha value is -0.195. The molecule has 0 aromatic rings. The third kappa shape index (κ3) is 4.32. The second-order valence-corrected chi connectivity index (χ2v) is 1.71. The number of nitrogens with two attached hydrogens (primary N) is 1. The highest BCUT2D eigenvalue weighted by Crippen LogP contribution is 2.02. The predicted molar refractivity (Wildman–Crippen MR) is 29.0 cm³/mol. The SMILES string of the molecule is NC(CB(O)O)C(F)F. The van der Waals surface area contributed by atoms with Crippen LogP contribution in [0, 0.1) is 0 Å². The molecular weight excluding hydrogens is 131 g/mol. The van der Waals surface area contributed by atoms with Crippen LogP contribution in [0.2, 0.25) is 6.32 Å². The lowest BCUT2D eigenvalue weighted by Gasteiger charge is -2.07. The molecule has 0 aliphatic heterocycles. The van der Waals surface area contributed by atoms with Crippen LogP contribution in [0.4, 0.5) is 8.78 Å². The molecule has 0 saturated carbocycles. The molecule has 1 unspecified atom stereocenters. The summed E-state index contributed by atoms with van der Waals surface area (Å²) in [5.41, 5.74) is 4.75. The lowest BCUT2D eigenvalue weighted by atomic mass is 9.82. The van der Waals surface area contributed by atoms with E-state index >= 15 is 0 Å². The first-order valence-electron chi connectivity index (χ1n) is 2.44. The molecule has 0 aliphatic carbocycles. The van der Waals surface area contributed by atoms with Crippen LogP contribution in [0.5, 0.6) is 0 Å². The molecule has 0 amide bonds. The maximum Gasteiger partial charge on any atom is 0.453 e. The van der Waals surface area contributed by atoms with Gasteiger partial charge in [0.25, 0.3) is 6.43 Å². The minimum Gasteiger partial charge on any atom is -0.427 e. The lowest BCUT2D eigenvalue weighted by molar-refractivity contribution is 0.120. The van der Waals surface area contributed by atoms with Gasteiger partial charge in [-0.1, -0.05) is 0 Å². The Balaban J connectivity index is 3.38. The van der Waals surface area contributed by atoms with E-state index in [0.29, 0.717) is 0 Å². The summed E-state index contributed by atoms with van der Waals surface area (Å²) in [6.07, 6.45) is -3.18. The van der Waals surface area contributed by atoms with E-state index in [9.17, 15) is 8.78 Å². The third-order valence-electron chi connectivity index (χ3n) is 0.807. The van der Waals surface area contributed by atoms with Crippen LogP contribution in [0.1, 0.15) is 0 Å². The molecule has 9 heavy (non-hydrogen) atoms. The van der Waals surface area contributed by atoms with Gasteiger partial charge in [0.1, 0.15) is 0 Å². The van der Waals surface area contributed by atoms with Gasteiger partial charge in [0.2, 0.25) is 0 Å². The van der Waals surface area contributed by atoms with Gasteiger partial charge in [-0.3, -0.25) is 0 Å². The average molecular weight is 139 g/mol. The van der Waals surface area contributed by atoms with Crippen LogP contribution in [0.3, 0.4) is 0 Å². The van der Waals surface area contributed by atoms with Crippen LogP contribution in [0.25, 0.3) is 0 Å². The van der Waals surface area contributed by atoms with Crippen molar-refractivity contribution >= 4 is 7.12 Å². The number of hydrogen-bond donors (Lipinski definition) is 3. The summed E-state index contributed by atoms with van der Waals surface area (Å²) in [6, 6.07) is -1.44. The van der Waals surface area contributed by atoms with Crippen molar-refractivity contribution in [3.63, 3.8) is 0 Å². The molecule has 0 fully saturated rings. The van der Waals surface area contributed by atoms with E-state index in [2.05, 4.69) is 0 Å². The number of halogens is 2. The molecular formula is C3H8BF2NO2. The molecule has 6 heteroatoms. The second-order valence-electron chi connectivity index (χ2n) is 1.71. The minimum atomic E-state index is -2.69. The minimum absolute atomic E-state index is 0.488. The third-order valence-corrected chi connectivity index (χ3v) is 0.807. The fourth-order valence-corrected chi connectivity index (χ4v) is 0.346. The first-order chi connectivity index (χ1) is 4.04. The van der Waals surface area contributed by atoms with E-state index in [0.717, 1.165) is 0 Å². The zero-order chi connectivity index (χ0) is 7.44. The molecule has 1 atom stereocenters. The van der Waals surface area contributed by atoms with Gasteiger partial charge in [0.05, 0.1) is 6.04 Å². The van der Waals surface area contributed by atoms with Crippen molar-refractivity contribution in [3.8, 4) is 0 Å². The quantitative estimate of drug-likeness (QED) is 0.441. The number of hydrogen-bond acceptors (Lipinski definition) is 3. The number of rotatable bonds is 3.